The van der Waals surface area contributed by atoms with Crippen LogP contribution in [-0.2, 0) is 4.79 Å². The van der Waals surface area contributed by atoms with Gasteiger partial charge in [0.05, 0.1) is 5.92 Å². The lowest BCUT2D eigenvalue weighted by atomic mass is 9.95. The largest absolute Gasteiger partial charge is 0.369 e. The second kappa shape index (κ2) is 6.71. The van der Waals surface area contributed by atoms with Crippen LogP contribution in [0.25, 0.3) is 0 Å². The van der Waals surface area contributed by atoms with Crippen LogP contribution in [0, 0.1) is 5.92 Å². The molecule has 1 aromatic carbocycles. The molecule has 1 aromatic rings. The fourth-order valence-corrected chi connectivity index (χ4v) is 2.82. The highest BCUT2D eigenvalue weighted by molar-refractivity contribution is 5.76. The molecule has 0 spiro atoms. The summed E-state index contributed by atoms with van der Waals surface area (Å²) in [5.74, 6) is 0.483. The number of hydrogen-bond acceptors (Lipinski definition) is 2. The molecule has 1 aliphatic heterocycles. The molecule has 1 aliphatic rings. The van der Waals surface area contributed by atoms with Crippen molar-refractivity contribution in [3.05, 3.63) is 35.9 Å². The Morgan fingerprint density at radius 3 is 2.84 bits per heavy atom. The maximum atomic E-state index is 11.3. The minimum absolute atomic E-state index is 0.0563. The Hall–Kier alpha value is -1.35. The summed E-state index contributed by atoms with van der Waals surface area (Å²) in [5, 5.41) is 0. The van der Waals surface area contributed by atoms with Crippen LogP contribution in [0.2, 0.25) is 0 Å². The molecule has 1 saturated heterocycles. The lowest BCUT2D eigenvalue weighted by Gasteiger charge is -2.31. The second-order valence-electron chi connectivity index (χ2n) is 5.64. The number of likely N-dealkylation sites (tertiary alicyclic amines) is 1. The van der Waals surface area contributed by atoms with Gasteiger partial charge in [0.2, 0.25) is 5.91 Å². The third kappa shape index (κ3) is 4.06. The predicted molar refractivity (Wildman–Crippen MR) is 77.8 cm³/mol. The molecule has 2 atom stereocenters. The van der Waals surface area contributed by atoms with Gasteiger partial charge in [-0.3, -0.25) is 4.79 Å². The summed E-state index contributed by atoms with van der Waals surface area (Å²) in [5.41, 5.74) is 6.81. The number of hydrogen-bond donors (Lipinski definition) is 1. The third-order valence-electron chi connectivity index (χ3n) is 4.15. The number of amides is 1. The van der Waals surface area contributed by atoms with Gasteiger partial charge < -0.3 is 10.6 Å². The van der Waals surface area contributed by atoms with Gasteiger partial charge in [0.1, 0.15) is 0 Å². The Morgan fingerprint density at radius 1 is 1.42 bits per heavy atom. The molecule has 1 heterocycles. The van der Waals surface area contributed by atoms with Crippen molar-refractivity contribution in [1.29, 1.82) is 0 Å². The summed E-state index contributed by atoms with van der Waals surface area (Å²) < 4.78 is 0. The molecule has 3 nitrogen and oxygen atoms in total. The van der Waals surface area contributed by atoms with Crippen molar-refractivity contribution >= 4 is 5.91 Å². The average molecular weight is 260 g/mol. The number of benzene rings is 1. The minimum Gasteiger partial charge on any atom is -0.369 e. The first-order chi connectivity index (χ1) is 9.16. The van der Waals surface area contributed by atoms with E-state index >= 15 is 0 Å². The van der Waals surface area contributed by atoms with Crippen LogP contribution in [0.3, 0.4) is 0 Å². The van der Waals surface area contributed by atoms with Gasteiger partial charge in [-0.2, -0.15) is 0 Å². The van der Waals surface area contributed by atoms with Crippen LogP contribution in [0.5, 0.6) is 0 Å². The zero-order chi connectivity index (χ0) is 13.7. The molecule has 0 aliphatic carbocycles. The van der Waals surface area contributed by atoms with E-state index in [2.05, 4.69) is 42.2 Å². The number of piperidine rings is 1. The second-order valence-corrected chi connectivity index (χ2v) is 5.64. The lowest BCUT2D eigenvalue weighted by Crippen LogP contribution is -2.41. The van der Waals surface area contributed by atoms with Crippen LogP contribution < -0.4 is 5.73 Å². The van der Waals surface area contributed by atoms with Gasteiger partial charge in [0.15, 0.2) is 0 Å². The standard InChI is InChI=1S/C16H24N2O/c1-13(14-6-3-2-4-7-14)9-11-18-10-5-8-15(12-18)16(17)19/h2-4,6-7,13,15H,5,8-12H2,1H3,(H2,17,19)/t13-,15+/m0/s1. The van der Waals surface area contributed by atoms with E-state index in [9.17, 15) is 4.79 Å². The Morgan fingerprint density at radius 2 is 2.16 bits per heavy atom. The van der Waals surface area contributed by atoms with E-state index in [4.69, 9.17) is 5.73 Å². The fraction of sp³-hybridized carbons (Fsp3) is 0.562. The van der Waals surface area contributed by atoms with Gasteiger partial charge in [0.25, 0.3) is 0 Å². The lowest BCUT2D eigenvalue weighted by molar-refractivity contribution is -0.123. The highest BCUT2D eigenvalue weighted by Gasteiger charge is 2.23. The van der Waals surface area contributed by atoms with Crippen molar-refractivity contribution < 1.29 is 4.79 Å². The first kappa shape index (κ1) is 14.1. The zero-order valence-electron chi connectivity index (χ0n) is 11.7. The van der Waals surface area contributed by atoms with Crippen LogP contribution in [-0.4, -0.2) is 30.4 Å². The van der Waals surface area contributed by atoms with E-state index in [0.29, 0.717) is 5.92 Å². The van der Waals surface area contributed by atoms with Crippen molar-refractivity contribution in [2.45, 2.75) is 32.1 Å². The number of rotatable bonds is 5. The molecule has 0 radical (unpaired) electrons. The minimum atomic E-state index is -0.138. The van der Waals surface area contributed by atoms with Crippen LogP contribution >= 0.6 is 0 Å². The molecular formula is C16H24N2O. The Bertz CT molecular complexity index is 404. The van der Waals surface area contributed by atoms with E-state index in [1.54, 1.807) is 0 Å². The van der Waals surface area contributed by atoms with Crippen LogP contribution in [0.15, 0.2) is 30.3 Å². The maximum Gasteiger partial charge on any atom is 0.221 e. The van der Waals surface area contributed by atoms with Gasteiger partial charge in [-0.05, 0) is 43.8 Å². The van der Waals surface area contributed by atoms with Crippen LogP contribution in [0.1, 0.15) is 37.7 Å². The maximum absolute atomic E-state index is 11.3. The highest BCUT2D eigenvalue weighted by atomic mass is 16.1. The van der Waals surface area contributed by atoms with E-state index in [0.717, 1.165) is 38.9 Å². The summed E-state index contributed by atoms with van der Waals surface area (Å²) >= 11 is 0. The van der Waals surface area contributed by atoms with E-state index in [1.165, 1.54) is 5.56 Å². The zero-order valence-corrected chi connectivity index (χ0v) is 11.7. The molecule has 104 valence electrons. The molecule has 2 N–H and O–H groups in total. The van der Waals surface area contributed by atoms with Crippen molar-refractivity contribution in [3.63, 3.8) is 0 Å². The average Bonchev–Trinajstić information content (AvgIpc) is 2.46. The molecule has 3 heteroatoms. The number of primary amides is 1. The third-order valence-corrected chi connectivity index (χ3v) is 4.15. The smallest absolute Gasteiger partial charge is 0.221 e. The summed E-state index contributed by atoms with van der Waals surface area (Å²) in [6.45, 7) is 5.27. The summed E-state index contributed by atoms with van der Waals surface area (Å²) in [7, 11) is 0. The SMILES string of the molecule is C[C@@H](CCN1CCC[C@@H](C(N)=O)C1)c1ccccc1. The summed E-state index contributed by atoms with van der Waals surface area (Å²) in [6, 6.07) is 10.6. The normalized spacial score (nSPS) is 22.1. The van der Waals surface area contributed by atoms with Gasteiger partial charge in [-0.25, -0.2) is 0 Å². The number of carbonyl (C=O) groups is 1. The topological polar surface area (TPSA) is 46.3 Å². The molecule has 0 unspecified atom stereocenters. The predicted octanol–water partition coefficient (Wildman–Crippen LogP) is 2.38. The summed E-state index contributed by atoms with van der Waals surface area (Å²) in [4.78, 5) is 13.6. The molecule has 0 saturated carbocycles. The molecule has 0 aromatic heterocycles. The molecule has 2 rings (SSSR count). The van der Waals surface area contributed by atoms with Gasteiger partial charge in [-0.15, -0.1) is 0 Å². The highest BCUT2D eigenvalue weighted by Crippen LogP contribution is 2.21. The molecule has 1 amide bonds. The van der Waals surface area contributed by atoms with Gasteiger partial charge in [0, 0.05) is 6.54 Å². The number of nitrogens with zero attached hydrogens (tertiary/aromatic N) is 1. The summed E-state index contributed by atoms with van der Waals surface area (Å²) in [6.07, 6.45) is 3.18. The monoisotopic (exact) mass is 260 g/mol. The van der Waals surface area contributed by atoms with E-state index in [1.807, 2.05) is 0 Å². The fourth-order valence-electron chi connectivity index (χ4n) is 2.82. The van der Waals surface area contributed by atoms with E-state index in [-0.39, 0.29) is 11.8 Å². The molecule has 19 heavy (non-hydrogen) atoms. The van der Waals surface area contributed by atoms with Crippen molar-refractivity contribution in [3.8, 4) is 0 Å². The Kier molecular flexibility index (Phi) is 4.97. The van der Waals surface area contributed by atoms with Crippen LogP contribution in [0.4, 0.5) is 0 Å². The van der Waals surface area contributed by atoms with Crippen molar-refractivity contribution in [2.24, 2.45) is 11.7 Å². The molecule has 1 fully saturated rings. The Balaban J connectivity index is 1.80. The van der Waals surface area contributed by atoms with Gasteiger partial charge in [-0.1, -0.05) is 37.3 Å². The first-order valence-corrected chi connectivity index (χ1v) is 7.23. The van der Waals surface area contributed by atoms with Gasteiger partial charge >= 0.3 is 0 Å². The Labute approximate surface area is 115 Å². The number of carbonyl (C=O) groups excluding carboxylic acids is 1. The molecule has 0 bridgehead atoms. The van der Waals surface area contributed by atoms with E-state index < -0.39 is 0 Å². The number of nitrogens with two attached hydrogens (primary N) is 1. The molecular weight excluding hydrogens is 236 g/mol. The van der Waals surface area contributed by atoms with Crippen molar-refractivity contribution in [1.82, 2.24) is 4.90 Å². The van der Waals surface area contributed by atoms with Crippen molar-refractivity contribution in [2.75, 3.05) is 19.6 Å². The first-order valence-electron chi connectivity index (χ1n) is 7.23. The quantitative estimate of drug-likeness (QED) is 0.883.